The third-order valence-electron chi connectivity index (χ3n) is 2.82. The number of rotatable bonds is 6. The normalized spacial score (nSPS) is 14.6. The Labute approximate surface area is 105 Å². The lowest BCUT2D eigenvalue weighted by molar-refractivity contribution is 0.174. The van der Waals surface area contributed by atoms with Crippen LogP contribution in [0.1, 0.15) is 17.7 Å². The molecule has 1 aromatic heterocycles. The van der Waals surface area contributed by atoms with Crippen LogP contribution in [0.15, 0.2) is 17.5 Å². The minimum absolute atomic E-state index is 0.0366. The number of carbonyl (C=O) groups excluding carboxylic acids is 1. The number of aliphatic hydroxyl groups is 1. The van der Waals surface area contributed by atoms with Crippen LogP contribution in [0.4, 0.5) is 4.79 Å². The van der Waals surface area contributed by atoms with Crippen molar-refractivity contribution in [3.05, 3.63) is 22.4 Å². The Hall–Kier alpha value is -1.07. The van der Waals surface area contributed by atoms with E-state index in [1.807, 2.05) is 11.4 Å². The van der Waals surface area contributed by atoms with E-state index in [-0.39, 0.29) is 12.6 Å². The maximum atomic E-state index is 11.9. The van der Waals surface area contributed by atoms with Crippen molar-refractivity contribution in [3.63, 3.8) is 0 Å². The molecule has 1 aliphatic carbocycles. The molecule has 0 unspecified atom stereocenters. The Kier molecular flexibility index (Phi) is 4.39. The fraction of sp³-hybridized carbons (Fsp3) is 0.583. The number of carbonyl (C=O) groups is 1. The third kappa shape index (κ3) is 3.71. The van der Waals surface area contributed by atoms with Crippen molar-refractivity contribution in [1.82, 2.24) is 10.2 Å². The van der Waals surface area contributed by atoms with Gasteiger partial charge in [-0.2, -0.15) is 0 Å². The molecule has 0 bridgehead atoms. The number of nitrogens with zero attached hydrogens (tertiary/aromatic N) is 1. The summed E-state index contributed by atoms with van der Waals surface area (Å²) in [4.78, 5) is 14.9. The minimum Gasteiger partial charge on any atom is -0.395 e. The molecule has 1 aromatic rings. The van der Waals surface area contributed by atoms with Crippen LogP contribution in [0.5, 0.6) is 0 Å². The molecule has 17 heavy (non-hydrogen) atoms. The van der Waals surface area contributed by atoms with Gasteiger partial charge in [-0.05, 0) is 30.7 Å². The molecule has 2 N–H and O–H groups in total. The topological polar surface area (TPSA) is 52.6 Å². The Morgan fingerprint density at radius 3 is 3.00 bits per heavy atom. The number of amides is 2. The summed E-state index contributed by atoms with van der Waals surface area (Å²) in [5.41, 5.74) is 0. The summed E-state index contributed by atoms with van der Waals surface area (Å²) in [6.07, 6.45) is 3.01. The first kappa shape index (κ1) is 12.4. The molecule has 4 nitrogen and oxygen atoms in total. The van der Waals surface area contributed by atoms with Crippen LogP contribution in [0.25, 0.3) is 0 Å². The number of aliphatic hydroxyl groups excluding tert-OH is 1. The molecule has 5 heteroatoms. The third-order valence-corrected chi connectivity index (χ3v) is 3.75. The molecule has 0 saturated heterocycles. The molecule has 0 radical (unpaired) electrons. The molecule has 0 atom stereocenters. The zero-order valence-electron chi connectivity index (χ0n) is 9.76. The van der Waals surface area contributed by atoms with E-state index in [1.165, 1.54) is 4.88 Å². The molecule has 0 aromatic carbocycles. The van der Waals surface area contributed by atoms with Crippen molar-refractivity contribution in [1.29, 1.82) is 0 Å². The van der Waals surface area contributed by atoms with Gasteiger partial charge < -0.3 is 15.3 Å². The summed E-state index contributed by atoms with van der Waals surface area (Å²) in [6, 6.07) is 4.40. The Bertz CT molecular complexity index is 349. The van der Waals surface area contributed by atoms with Crippen molar-refractivity contribution in [2.75, 3.05) is 19.7 Å². The monoisotopic (exact) mass is 254 g/mol. The first-order valence-electron chi connectivity index (χ1n) is 5.99. The van der Waals surface area contributed by atoms with Gasteiger partial charge in [-0.15, -0.1) is 11.3 Å². The Morgan fingerprint density at radius 2 is 2.41 bits per heavy atom. The van der Waals surface area contributed by atoms with Crippen molar-refractivity contribution in [3.8, 4) is 0 Å². The van der Waals surface area contributed by atoms with E-state index in [1.54, 1.807) is 16.2 Å². The van der Waals surface area contributed by atoms with E-state index in [0.717, 1.165) is 19.3 Å². The highest BCUT2D eigenvalue weighted by atomic mass is 32.1. The van der Waals surface area contributed by atoms with Crippen LogP contribution < -0.4 is 5.32 Å². The summed E-state index contributed by atoms with van der Waals surface area (Å²) in [5.74, 6) is 0. The van der Waals surface area contributed by atoms with E-state index < -0.39 is 0 Å². The lowest BCUT2D eigenvalue weighted by Gasteiger charge is -2.21. The molecule has 0 aliphatic heterocycles. The van der Waals surface area contributed by atoms with Gasteiger partial charge in [-0.25, -0.2) is 4.79 Å². The summed E-state index contributed by atoms with van der Waals surface area (Å²) in [7, 11) is 0. The van der Waals surface area contributed by atoms with Gasteiger partial charge in [-0.3, -0.25) is 0 Å². The second kappa shape index (κ2) is 6.02. The Morgan fingerprint density at radius 1 is 1.59 bits per heavy atom. The van der Waals surface area contributed by atoms with Crippen molar-refractivity contribution < 1.29 is 9.90 Å². The fourth-order valence-electron chi connectivity index (χ4n) is 1.79. The minimum atomic E-state index is -0.0434. The van der Waals surface area contributed by atoms with Gasteiger partial charge in [0.2, 0.25) is 0 Å². The number of nitrogens with one attached hydrogen (secondary N) is 1. The molecule has 2 amide bonds. The zero-order chi connectivity index (χ0) is 12.1. The van der Waals surface area contributed by atoms with Crippen LogP contribution in [-0.2, 0) is 6.42 Å². The van der Waals surface area contributed by atoms with E-state index >= 15 is 0 Å². The number of urea groups is 1. The predicted molar refractivity (Wildman–Crippen MR) is 68.2 cm³/mol. The predicted octanol–water partition coefficient (Wildman–Crippen LogP) is 1.46. The van der Waals surface area contributed by atoms with Gasteiger partial charge >= 0.3 is 6.03 Å². The summed E-state index contributed by atoms with van der Waals surface area (Å²) in [6.45, 7) is 1.14. The maximum absolute atomic E-state index is 11.9. The molecule has 2 rings (SSSR count). The highest BCUT2D eigenvalue weighted by Crippen LogP contribution is 2.26. The first-order valence-corrected chi connectivity index (χ1v) is 6.87. The molecule has 1 saturated carbocycles. The largest absolute Gasteiger partial charge is 0.395 e. The molecule has 1 fully saturated rings. The smallest absolute Gasteiger partial charge is 0.317 e. The summed E-state index contributed by atoms with van der Waals surface area (Å²) >= 11 is 1.71. The highest BCUT2D eigenvalue weighted by molar-refractivity contribution is 7.09. The zero-order valence-corrected chi connectivity index (χ0v) is 10.6. The van der Waals surface area contributed by atoms with E-state index in [0.29, 0.717) is 19.1 Å². The van der Waals surface area contributed by atoms with E-state index in [9.17, 15) is 4.79 Å². The molecular weight excluding hydrogens is 236 g/mol. The van der Waals surface area contributed by atoms with E-state index in [4.69, 9.17) is 5.11 Å². The summed E-state index contributed by atoms with van der Waals surface area (Å²) in [5, 5.41) is 13.9. The van der Waals surface area contributed by atoms with Crippen LogP contribution in [0.2, 0.25) is 0 Å². The van der Waals surface area contributed by atoms with Gasteiger partial charge in [0.1, 0.15) is 0 Å². The van der Waals surface area contributed by atoms with Gasteiger partial charge in [-0.1, -0.05) is 6.07 Å². The first-order chi connectivity index (χ1) is 8.31. The van der Waals surface area contributed by atoms with Gasteiger partial charge in [0.05, 0.1) is 6.61 Å². The van der Waals surface area contributed by atoms with Crippen LogP contribution in [-0.4, -0.2) is 41.8 Å². The van der Waals surface area contributed by atoms with Crippen molar-refractivity contribution in [2.45, 2.75) is 25.3 Å². The van der Waals surface area contributed by atoms with Gasteiger partial charge in [0.25, 0.3) is 0 Å². The van der Waals surface area contributed by atoms with E-state index in [2.05, 4.69) is 11.4 Å². The molecule has 1 aliphatic rings. The van der Waals surface area contributed by atoms with Gasteiger partial charge in [0.15, 0.2) is 0 Å². The lowest BCUT2D eigenvalue weighted by Crippen LogP contribution is -2.43. The second-order valence-corrected chi connectivity index (χ2v) is 5.24. The van der Waals surface area contributed by atoms with Crippen LogP contribution >= 0.6 is 11.3 Å². The number of hydrogen-bond donors (Lipinski definition) is 2. The molecule has 1 heterocycles. The van der Waals surface area contributed by atoms with Crippen molar-refractivity contribution in [2.24, 2.45) is 0 Å². The second-order valence-electron chi connectivity index (χ2n) is 4.21. The highest BCUT2D eigenvalue weighted by Gasteiger charge is 2.31. The lowest BCUT2D eigenvalue weighted by atomic mass is 10.3. The van der Waals surface area contributed by atoms with Gasteiger partial charge in [0, 0.05) is 24.0 Å². The summed E-state index contributed by atoms with van der Waals surface area (Å²) < 4.78 is 0. The Balaban J connectivity index is 1.71. The maximum Gasteiger partial charge on any atom is 0.317 e. The molecule has 0 spiro atoms. The number of hydrogen-bond acceptors (Lipinski definition) is 3. The quantitative estimate of drug-likeness (QED) is 0.807. The van der Waals surface area contributed by atoms with Crippen LogP contribution in [0.3, 0.4) is 0 Å². The number of thiophene rings is 1. The molecular formula is C12H18N2O2S. The standard InChI is InChI=1S/C12H18N2O2S/c15-8-7-14(10-3-4-10)12(16)13-6-5-11-2-1-9-17-11/h1-2,9-10,15H,3-8H2,(H,13,16). The molecule has 94 valence electrons. The van der Waals surface area contributed by atoms with Crippen molar-refractivity contribution >= 4 is 17.4 Å². The average molecular weight is 254 g/mol. The van der Waals surface area contributed by atoms with Crippen LogP contribution in [0, 0.1) is 0 Å². The average Bonchev–Trinajstić information content (AvgIpc) is 3.03. The SMILES string of the molecule is O=C(NCCc1cccs1)N(CCO)C1CC1. The fourth-order valence-corrected chi connectivity index (χ4v) is 2.50.